The van der Waals surface area contributed by atoms with Crippen LogP contribution in [-0.4, -0.2) is 53.8 Å². The molecule has 1 amide bonds. The zero-order chi connectivity index (χ0) is 16.8. The third-order valence-corrected chi connectivity index (χ3v) is 3.86. The summed E-state index contributed by atoms with van der Waals surface area (Å²) >= 11 is 0. The summed E-state index contributed by atoms with van der Waals surface area (Å²) < 4.78 is 5.58. The molecule has 1 fully saturated rings. The molecule has 1 aromatic rings. The average Bonchev–Trinajstić information content (AvgIpc) is 2.86. The van der Waals surface area contributed by atoms with Crippen LogP contribution in [0.5, 0.6) is 5.75 Å². The number of amides is 1. The number of carbonyl (C=O) groups excluding carboxylic acids is 1. The molecule has 128 valence electrons. The van der Waals surface area contributed by atoms with Gasteiger partial charge in [-0.25, -0.2) is 0 Å². The molecule has 2 rings (SSSR count). The Morgan fingerprint density at radius 3 is 2.91 bits per heavy atom. The number of rotatable bonds is 7. The first kappa shape index (κ1) is 17.7. The van der Waals surface area contributed by atoms with Crippen molar-refractivity contribution in [1.82, 2.24) is 10.2 Å². The minimum atomic E-state index is -0.210. The van der Waals surface area contributed by atoms with Gasteiger partial charge in [0.25, 0.3) is 0 Å². The Kier molecular flexibility index (Phi) is 6.38. The monoisotopic (exact) mass is 321 g/mol. The summed E-state index contributed by atoms with van der Waals surface area (Å²) in [6, 6.07) is 7.61. The van der Waals surface area contributed by atoms with E-state index in [1.807, 2.05) is 38.1 Å². The summed E-state index contributed by atoms with van der Waals surface area (Å²) in [6.07, 6.45) is 0.665. The summed E-state index contributed by atoms with van der Waals surface area (Å²) in [6.45, 7) is 5.43. The van der Waals surface area contributed by atoms with E-state index in [1.54, 1.807) is 0 Å². The lowest BCUT2D eigenvalue weighted by Gasteiger charge is -2.25. The van der Waals surface area contributed by atoms with Gasteiger partial charge in [-0.1, -0.05) is 18.2 Å². The lowest BCUT2D eigenvalue weighted by molar-refractivity contribution is -0.126. The van der Waals surface area contributed by atoms with E-state index in [0.717, 1.165) is 11.3 Å². The van der Waals surface area contributed by atoms with Crippen LogP contribution < -0.4 is 15.8 Å². The highest BCUT2D eigenvalue weighted by Gasteiger charge is 2.35. The van der Waals surface area contributed by atoms with Gasteiger partial charge in [0.2, 0.25) is 5.91 Å². The minimum Gasteiger partial charge on any atom is -0.491 e. The topological polar surface area (TPSA) is 87.8 Å². The number of nitrogens with one attached hydrogen (secondary N) is 1. The van der Waals surface area contributed by atoms with E-state index < -0.39 is 0 Å². The van der Waals surface area contributed by atoms with Gasteiger partial charge in [-0.2, -0.15) is 0 Å². The van der Waals surface area contributed by atoms with E-state index in [2.05, 4.69) is 10.2 Å². The summed E-state index contributed by atoms with van der Waals surface area (Å²) in [5.74, 6) is 0.770. The average molecular weight is 321 g/mol. The number of aliphatic hydroxyl groups is 1. The third kappa shape index (κ3) is 4.92. The molecule has 6 nitrogen and oxygen atoms in total. The standard InChI is InChI=1S/C17H27N3O3/c1-12(2)19-17(22)15-9-14(18)11-20(15)10-13-5-3-4-6-16(13)23-8-7-21/h3-6,12,14-15,21H,7-11,18H2,1-2H3,(H,19,22)/t14-,15+/m1/s1. The summed E-state index contributed by atoms with van der Waals surface area (Å²) in [4.78, 5) is 14.5. The summed E-state index contributed by atoms with van der Waals surface area (Å²) in [5, 5.41) is 11.9. The van der Waals surface area contributed by atoms with Crippen molar-refractivity contribution in [1.29, 1.82) is 0 Å². The zero-order valence-electron chi connectivity index (χ0n) is 13.9. The number of aliphatic hydroxyl groups excluding tert-OH is 1. The second-order valence-corrected chi connectivity index (χ2v) is 6.28. The van der Waals surface area contributed by atoms with Crippen molar-refractivity contribution >= 4 is 5.91 Å². The number of nitrogens with two attached hydrogens (primary N) is 1. The van der Waals surface area contributed by atoms with Crippen molar-refractivity contribution in [3.05, 3.63) is 29.8 Å². The number of hydrogen-bond acceptors (Lipinski definition) is 5. The SMILES string of the molecule is CC(C)NC(=O)[C@@H]1C[C@@H](N)CN1Cc1ccccc1OCCO. The van der Waals surface area contributed by atoms with Gasteiger partial charge in [-0.05, 0) is 26.3 Å². The first-order valence-electron chi connectivity index (χ1n) is 8.12. The number of hydrogen-bond donors (Lipinski definition) is 3. The maximum Gasteiger partial charge on any atom is 0.237 e. The van der Waals surface area contributed by atoms with Gasteiger partial charge in [0.15, 0.2) is 0 Å². The molecule has 1 aliphatic rings. The quantitative estimate of drug-likeness (QED) is 0.680. The molecular formula is C17H27N3O3. The Labute approximate surface area is 137 Å². The van der Waals surface area contributed by atoms with Crippen LogP contribution in [0.15, 0.2) is 24.3 Å². The van der Waals surface area contributed by atoms with Gasteiger partial charge < -0.3 is 20.9 Å². The maximum atomic E-state index is 12.4. The first-order chi connectivity index (χ1) is 11.0. The molecule has 0 spiro atoms. The molecule has 0 bridgehead atoms. The number of likely N-dealkylation sites (tertiary alicyclic amines) is 1. The van der Waals surface area contributed by atoms with Gasteiger partial charge in [-0.3, -0.25) is 9.69 Å². The van der Waals surface area contributed by atoms with E-state index in [1.165, 1.54) is 0 Å². The fourth-order valence-electron chi connectivity index (χ4n) is 2.92. The Morgan fingerprint density at radius 1 is 1.48 bits per heavy atom. The third-order valence-electron chi connectivity index (χ3n) is 3.86. The minimum absolute atomic E-state index is 0.00318. The van der Waals surface area contributed by atoms with Gasteiger partial charge in [0.1, 0.15) is 12.4 Å². The maximum absolute atomic E-state index is 12.4. The van der Waals surface area contributed by atoms with Gasteiger partial charge in [0, 0.05) is 30.7 Å². The van der Waals surface area contributed by atoms with E-state index >= 15 is 0 Å². The Bertz CT molecular complexity index is 522. The van der Waals surface area contributed by atoms with E-state index in [-0.39, 0.29) is 37.2 Å². The molecule has 23 heavy (non-hydrogen) atoms. The van der Waals surface area contributed by atoms with Crippen molar-refractivity contribution < 1.29 is 14.6 Å². The number of nitrogens with zero attached hydrogens (tertiary/aromatic N) is 1. The molecule has 1 saturated heterocycles. The van der Waals surface area contributed by atoms with Crippen LogP contribution in [-0.2, 0) is 11.3 Å². The predicted octanol–water partition coefficient (Wildman–Crippen LogP) is 0.484. The predicted molar refractivity (Wildman–Crippen MR) is 89.1 cm³/mol. The molecule has 0 radical (unpaired) electrons. The van der Waals surface area contributed by atoms with E-state index in [0.29, 0.717) is 19.5 Å². The normalized spacial score (nSPS) is 21.6. The van der Waals surface area contributed by atoms with Crippen LogP contribution in [0.1, 0.15) is 25.8 Å². The highest BCUT2D eigenvalue weighted by atomic mass is 16.5. The van der Waals surface area contributed by atoms with Gasteiger partial charge in [0.05, 0.1) is 12.6 Å². The van der Waals surface area contributed by atoms with Gasteiger partial charge in [-0.15, -0.1) is 0 Å². The van der Waals surface area contributed by atoms with E-state index in [4.69, 9.17) is 15.6 Å². The Hall–Kier alpha value is -1.63. The number of carbonyl (C=O) groups is 1. The Balaban J connectivity index is 2.09. The highest BCUT2D eigenvalue weighted by molar-refractivity contribution is 5.82. The van der Waals surface area contributed by atoms with Crippen molar-refractivity contribution in [3.8, 4) is 5.75 Å². The van der Waals surface area contributed by atoms with Crippen LogP contribution in [0.4, 0.5) is 0 Å². The van der Waals surface area contributed by atoms with Crippen molar-refractivity contribution in [2.24, 2.45) is 5.73 Å². The number of benzene rings is 1. The molecule has 4 N–H and O–H groups in total. The van der Waals surface area contributed by atoms with Crippen molar-refractivity contribution in [3.63, 3.8) is 0 Å². The van der Waals surface area contributed by atoms with Crippen molar-refractivity contribution in [2.45, 2.75) is 44.9 Å². The molecule has 0 aliphatic carbocycles. The molecule has 0 aromatic heterocycles. The zero-order valence-corrected chi connectivity index (χ0v) is 13.9. The second-order valence-electron chi connectivity index (χ2n) is 6.28. The van der Waals surface area contributed by atoms with Crippen molar-refractivity contribution in [2.75, 3.05) is 19.8 Å². The van der Waals surface area contributed by atoms with Crippen LogP contribution in [0, 0.1) is 0 Å². The molecular weight excluding hydrogens is 294 g/mol. The second kappa shape index (κ2) is 8.29. The van der Waals surface area contributed by atoms with Gasteiger partial charge >= 0.3 is 0 Å². The van der Waals surface area contributed by atoms with Crippen LogP contribution in [0.2, 0.25) is 0 Å². The smallest absolute Gasteiger partial charge is 0.237 e. The molecule has 1 heterocycles. The summed E-state index contributed by atoms with van der Waals surface area (Å²) in [7, 11) is 0. The number of ether oxygens (including phenoxy) is 1. The summed E-state index contributed by atoms with van der Waals surface area (Å²) in [5.41, 5.74) is 7.07. The number of para-hydroxylation sites is 1. The van der Waals surface area contributed by atoms with E-state index in [9.17, 15) is 4.79 Å². The molecule has 0 unspecified atom stereocenters. The first-order valence-corrected chi connectivity index (χ1v) is 8.12. The highest BCUT2D eigenvalue weighted by Crippen LogP contribution is 2.25. The molecule has 0 saturated carbocycles. The fraction of sp³-hybridized carbons (Fsp3) is 0.588. The molecule has 6 heteroatoms. The molecule has 1 aromatic carbocycles. The molecule has 2 atom stereocenters. The van der Waals surface area contributed by atoms with Crippen LogP contribution in [0.25, 0.3) is 0 Å². The largest absolute Gasteiger partial charge is 0.491 e. The fourth-order valence-corrected chi connectivity index (χ4v) is 2.92. The molecule has 1 aliphatic heterocycles. The van der Waals surface area contributed by atoms with Crippen LogP contribution in [0.3, 0.4) is 0 Å². The lowest BCUT2D eigenvalue weighted by Crippen LogP contribution is -2.45. The Morgan fingerprint density at radius 2 is 2.22 bits per heavy atom. The lowest BCUT2D eigenvalue weighted by atomic mass is 10.1. The van der Waals surface area contributed by atoms with Crippen LogP contribution >= 0.6 is 0 Å².